The van der Waals surface area contributed by atoms with Crippen LogP contribution >= 0.6 is 0 Å². The smallest absolute Gasteiger partial charge is 0.308 e. The maximum Gasteiger partial charge on any atom is 0.308 e. The fourth-order valence-electron chi connectivity index (χ4n) is 3.66. The highest BCUT2D eigenvalue weighted by Crippen LogP contribution is 2.29. The Bertz CT molecular complexity index is 932. The number of nitrogens with zero attached hydrogens (tertiary/aromatic N) is 3. The van der Waals surface area contributed by atoms with E-state index in [1.54, 1.807) is 0 Å². The van der Waals surface area contributed by atoms with Crippen molar-refractivity contribution >= 4 is 22.7 Å². The first-order valence-electron chi connectivity index (χ1n) is 8.63. The molecule has 1 atom stereocenters. The van der Waals surface area contributed by atoms with Gasteiger partial charge in [-0.25, -0.2) is 4.98 Å². The zero-order valence-electron chi connectivity index (χ0n) is 14.2. The highest BCUT2D eigenvalue weighted by molar-refractivity contribution is 5.81. The first-order valence-corrected chi connectivity index (χ1v) is 8.63. The van der Waals surface area contributed by atoms with Crippen molar-refractivity contribution in [1.29, 1.82) is 0 Å². The third-order valence-corrected chi connectivity index (χ3v) is 5.03. The summed E-state index contributed by atoms with van der Waals surface area (Å²) in [5.41, 5.74) is 4.20. The average molecular weight is 335 g/mol. The molecule has 0 aliphatic carbocycles. The average Bonchev–Trinajstić information content (AvgIpc) is 2.99. The first-order chi connectivity index (χ1) is 12.1. The van der Waals surface area contributed by atoms with E-state index in [0.717, 1.165) is 47.5 Å². The molecule has 1 fully saturated rings. The van der Waals surface area contributed by atoms with Crippen LogP contribution in [-0.2, 0) is 11.8 Å². The number of imidazole rings is 1. The molecule has 25 heavy (non-hydrogen) atoms. The van der Waals surface area contributed by atoms with Crippen LogP contribution in [0.3, 0.4) is 0 Å². The zero-order chi connectivity index (χ0) is 17.4. The molecule has 128 valence electrons. The molecule has 1 unspecified atom stereocenters. The van der Waals surface area contributed by atoms with Gasteiger partial charge in [-0.3, -0.25) is 4.79 Å². The molecule has 4 rings (SSSR count). The summed E-state index contributed by atoms with van der Waals surface area (Å²) in [6.07, 6.45) is 1.67. The molecular formula is C20H21N3O2. The summed E-state index contributed by atoms with van der Waals surface area (Å²) in [4.78, 5) is 18.3. The van der Waals surface area contributed by atoms with Gasteiger partial charge in [-0.2, -0.15) is 0 Å². The summed E-state index contributed by atoms with van der Waals surface area (Å²) >= 11 is 0. The molecule has 1 saturated heterocycles. The van der Waals surface area contributed by atoms with Crippen LogP contribution in [-0.4, -0.2) is 33.7 Å². The van der Waals surface area contributed by atoms with Gasteiger partial charge in [0.2, 0.25) is 0 Å². The Morgan fingerprint density at radius 3 is 2.84 bits per heavy atom. The molecule has 1 aliphatic heterocycles. The maximum atomic E-state index is 11.3. The van der Waals surface area contributed by atoms with E-state index in [-0.39, 0.29) is 5.92 Å². The van der Waals surface area contributed by atoms with Crippen LogP contribution in [0, 0.1) is 5.92 Å². The fraction of sp³-hybridized carbons (Fsp3) is 0.300. The molecule has 0 saturated carbocycles. The number of anilines is 1. The minimum absolute atomic E-state index is 0.284. The summed E-state index contributed by atoms with van der Waals surface area (Å²) in [6.45, 7) is 1.47. The normalized spacial score (nSPS) is 17.8. The largest absolute Gasteiger partial charge is 0.481 e. The van der Waals surface area contributed by atoms with Gasteiger partial charge >= 0.3 is 5.97 Å². The number of aliphatic carboxylic acids is 1. The van der Waals surface area contributed by atoms with E-state index in [1.807, 2.05) is 31.3 Å². The van der Waals surface area contributed by atoms with E-state index in [2.05, 4.69) is 33.7 Å². The van der Waals surface area contributed by atoms with Crippen molar-refractivity contribution in [2.45, 2.75) is 12.8 Å². The molecule has 0 spiro atoms. The molecule has 1 aliphatic rings. The number of para-hydroxylation sites is 2. The molecule has 5 heteroatoms. The van der Waals surface area contributed by atoms with Gasteiger partial charge in [0.1, 0.15) is 5.82 Å². The molecule has 3 aromatic rings. The van der Waals surface area contributed by atoms with E-state index < -0.39 is 5.97 Å². The molecule has 2 heterocycles. The van der Waals surface area contributed by atoms with E-state index in [4.69, 9.17) is 4.98 Å². The van der Waals surface area contributed by atoms with Crippen molar-refractivity contribution in [3.8, 4) is 11.4 Å². The van der Waals surface area contributed by atoms with Crippen molar-refractivity contribution in [3.05, 3.63) is 48.5 Å². The quantitative estimate of drug-likeness (QED) is 0.795. The number of aromatic nitrogens is 2. The van der Waals surface area contributed by atoms with E-state index in [1.165, 1.54) is 0 Å². The van der Waals surface area contributed by atoms with Crippen LogP contribution in [0.1, 0.15) is 12.8 Å². The molecule has 5 nitrogen and oxygen atoms in total. The van der Waals surface area contributed by atoms with Gasteiger partial charge in [0.05, 0.1) is 17.0 Å². The molecular weight excluding hydrogens is 314 g/mol. The number of rotatable bonds is 3. The molecule has 2 aromatic carbocycles. The van der Waals surface area contributed by atoms with Crippen LogP contribution in [0.2, 0.25) is 0 Å². The van der Waals surface area contributed by atoms with Crippen LogP contribution in [0.25, 0.3) is 22.4 Å². The van der Waals surface area contributed by atoms with Gasteiger partial charge in [0, 0.05) is 31.4 Å². The minimum atomic E-state index is -0.698. The van der Waals surface area contributed by atoms with E-state index >= 15 is 0 Å². The monoisotopic (exact) mass is 335 g/mol. The van der Waals surface area contributed by atoms with Crippen LogP contribution in [0.5, 0.6) is 0 Å². The van der Waals surface area contributed by atoms with E-state index in [9.17, 15) is 9.90 Å². The lowest BCUT2D eigenvalue weighted by Gasteiger charge is -2.32. The Morgan fingerprint density at radius 1 is 1.20 bits per heavy atom. The van der Waals surface area contributed by atoms with Crippen molar-refractivity contribution in [2.24, 2.45) is 13.0 Å². The fourth-order valence-corrected chi connectivity index (χ4v) is 3.66. The Morgan fingerprint density at radius 2 is 2.04 bits per heavy atom. The molecule has 1 aromatic heterocycles. The maximum absolute atomic E-state index is 11.3. The lowest BCUT2D eigenvalue weighted by Crippen LogP contribution is -2.38. The molecule has 0 radical (unpaired) electrons. The summed E-state index contributed by atoms with van der Waals surface area (Å²) < 4.78 is 2.10. The van der Waals surface area contributed by atoms with Gasteiger partial charge in [-0.05, 0) is 37.1 Å². The lowest BCUT2D eigenvalue weighted by molar-refractivity contribution is -0.141. The van der Waals surface area contributed by atoms with Crippen LogP contribution in [0.15, 0.2) is 48.5 Å². The number of fused-ring (bicyclic) bond motifs is 1. The number of carbonyl (C=O) groups is 1. The summed E-state index contributed by atoms with van der Waals surface area (Å²) in [6, 6.07) is 16.3. The lowest BCUT2D eigenvalue weighted by atomic mass is 9.97. The second-order valence-electron chi connectivity index (χ2n) is 6.66. The number of aryl methyl sites for hydroxylation is 1. The van der Waals surface area contributed by atoms with Crippen molar-refractivity contribution < 1.29 is 9.90 Å². The number of piperidine rings is 1. The van der Waals surface area contributed by atoms with Crippen molar-refractivity contribution in [1.82, 2.24) is 9.55 Å². The van der Waals surface area contributed by atoms with Gasteiger partial charge in [0.15, 0.2) is 0 Å². The van der Waals surface area contributed by atoms with E-state index in [0.29, 0.717) is 6.54 Å². The van der Waals surface area contributed by atoms with Crippen LogP contribution < -0.4 is 4.90 Å². The zero-order valence-corrected chi connectivity index (χ0v) is 14.2. The highest BCUT2D eigenvalue weighted by Gasteiger charge is 2.25. The second-order valence-corrected chi connectivity index (χ2v) is 6.66. The SMILES string of the molecule is Cn1c(-c2cccc(N3CCCC(C(=O)O)C3)c2)nc2ccccc21. The minimum Gasteiger partial charge on any atom is -0.481 e. The molecule has 1 N–H and O–H groups in total. The molecule has 0 amide bonds. The summed E-state index contributed by atoms with van der Waals surface area (Å²) in [5, 5.41) is 9.31. The highest BCUT2D eigenvalue weighted by atomic mass is 16.4. The topological polar surface area (TPSA) is 58.4 Å². The third kappa shape index (κ3) is 2.86. The third-order valence-electron chi connectivity index (χ3n) is 5.03. The standard InChI is InChI=1S/C20H21N3O2/c1-22-18-10-3-2-9-17(18)21-19(22)14-6-4-8-16(12-14)23-11-5-7-15(13-23)20(24)25/h2-4,6,8-10,12,15H,5,7,11,13H2,1H3,(H,24,25). The van der Waals surface area contributed by atoms with Gasteiger partial charge in [-0.15, -0.1) is 0 Å². The number of hydrogen-bond acceptors (Lipinski definition) is 3. The predicted molar refractivity (Wildman–Crippen MR) is 98.7 cm³/mol. The Labute approximate surface area is 146 Å². The van der Waals surface area contributed by atoms with Gasteiger partial charge < -0.3 is 14.6 Å². The van der Waals surface area contributed by atoms with Crippen LogP contribution in [0.4, 0.5) is 5.69 Å². The Hall–Kier alpha value is -2.82. The first kappa shape index (κ1) is 15.7. The summed E-state index contributed by atoms with van der Waals surface area (Å²) in [7, 11) is 2.03. The number of carboxylic acids is 1. The number of hydrogen-bond donors (Lipinski definition) is 1. The Balaban J connectivity index is 1.69. The number of benzene rings is 2. The molecule has 0 bridgehead atoms. The van der Waals surface area contributed by atoms with Gasteiger partial charge in [0.25, 0.3) is 0 Å². The van der Waals surface area contributed by atoms with Crippen molar-refractivity contribution in [3.63, 3.8) is 0 Å². The Kier molecular flexibility index (Phi) is 3.92. The van der Waals surface area contributed by atoms with Crippen molar-refractivity contribution in [2.75, 3.05) is 18.0 Å². The predicted octanol–water partition coefficient (Wildman–Crippen LogP) is 3.54. The van der Waals surface area contributed by atoms with Gasteiger partial charge in [-0.1, -0.05) is 24.3 Å². The summed E-state index contributed by atoms with van der Waals surface area (Å²) in [5.74, 6) is -0.0563. The number of carboxylic acid groups (broad SMARTS) is 1. The second kappa shape index (κ2) is 6.24.